The van der Waals surface area contributed by atoms with Gasteiger partial charge in [-0.3, -0.25) is 0 Å². The monoisotopic (exact) mass is 687 g/mol. The van der Waals surface area contributed by atoms with Crippen molar-refractivity contribution < 1.29 is 9.47 Å². The van der Waals surface area contributed by atoms with Crippen LogP contribution in [0.15, 0.2) is 169 Å². The van der Waals surface area contributed by atoms with Crippen molar-refractivity contribution in [2.24, 2.45) is 0 Å². The summed E-state index contributed by atoms with van der Waals surface area (Å²) >= 11 is 0. The molecule has 0 unspecified atom stereocenters. The summed E-state index contributed by atoms with van der Waals surface area (Å²) in [5.74, 6) is 2.99. The Hall–Kier alpha value is -7.23. The van der Waals surface area contributed by atoms with Gasteiger partial charge in [0.05, 0.1) is 45.0 Å². The van der Waals surface area contributed by atoms with Crippen molar-refractivity contribution >= 4 is 56.9 Å². The molecule has 244 valence electrons. The zero-order chi connectivity index (χ0) is 35.2. The predicted molar refractivity (Wildman–Crippen MR) is 207 cm³/mol. The molecule has 3 aliphatic rings. The molecule has 0 fully saturated rings. The fourth-order valence-corrected chi connectivity index (χ4v) is 11.1. The molecule has 0 saturated carbocycles. The van der Waals surface area contributed by atoms with E-state index in [0.717, 1.165) is 67.7 Å². The van der Waals surface area contributed by atoms with E-state index in [9.17, 15) is 15.8 Å². The number of rotatable bonds is 4. The molecule has 3 heterocycles. The average molecular weight is 688 g/mol. The van der Waals surface area contributed by atoms with Gasteiger partial charge in [0.25, 0.3) is 0 Å². The molecule has 0 spiro atoms. The second kappa shape index (κ2) is 12.3. The standard InChI is InChI=1S/C44H26N5O2P/c45-27-30-25-35(28-46)52(36(26-30)29-47,33-21-17-31(18-22-33)48-37-9-1-5-13-41(37)50-42-14-6-2-10-38(42)48)34-23-19-32(20-24-34)49-39-11-3-7-15-43(39)51-44-16-8-4-12-40(44)49/h1-26H. The van der Waals surface area contributed by atoms with Crippen molar-refractivity contribution in [3.05, 3.63) is 169 Å². The molecule has 0 bridgehead atoms. The van der Waals surface area contributed by atoms with Crippen molar-refractivity contribution in [2.75, 3.05) is 9.80 Å². The fraction of sp³-hybridized carbons (Fsp3) is 0. The quantitative estimate of drug-likeness (QED) is 0.170. The van der Waals surface area contributed by atoms with Crippen molar-refractivity contribution in [1.29, 1.82) is 15.8 Å². The van der Waals surface area contributed by atoms with Crippen LogP contribution in [0, 0.1) is 34.0 Å². The van der Waals surface area contributed by atoms with Crippen LogP contribution >= 0.6 is 6.89 Å². The highest BCUT2D eigenvalue weighted by Gasteiger charge is 2.36. The lowest BCUT2D eigenvalue weighted by Crippen LogP contribution is -2.25. The molecule has 6 aromatic carbocycles. The Morgan fingerprint density at radius 3 is 1.15 bits per heavy atom. The van der Waals surface area contributed by atoms with E-state index in [0.29, 0.717) is 10.6 Å². The third-order valence-corrected chi connectivity index (χ3v) is 13.6. The summed E-state index contributed by atoms with van der Waals surface area (Å²) in [6.45, 7) is -3.01. The summed E-state index contributed by atoms with van der Waals surface area (Å²) in [5.41, 5.74) is 5.69. The summed E-state index contributed by atoms with van der Waals surface area (Å²) in [5, 5.41) is 33.8. The second-order valence-corrected chi connectivity index (χ2v) is 15.6. The van der Waals surface area contributed by atoms with E-state index in [4.69, 9.17) is 9.47 Å². The van der Waals surface area contributed by atoms with Gasteiger partial charge in [-0.1, -0.05) is 72.8 Å². The minimum absolute atomic E-state index is 0.278. The molecule has 9 rings (SSSR count). The molecule has 7 nitrogen and oxygen atoms in total. The van der Waals surface area contributed by atoms with E-state index in [1.165, 1.54) is 0 Å². The molecular formula is C44H26N5O2P. The number of fused-ring (bicyclic) bond motifs is 4. The summed E-state index contributed by atoms with van der Waals surface area (Å²) < 4.78 is 12.5. The van der Waals surface area contributed by atoms with Crippen LogP contribution in [0.2, 0.25) is 0 Å². The molecule has 0 aliphatic carbocycles. The highest BCUT2D eigenvalue weighted by atomic mass is 31.2. The van der Waals surface area contributed by atoms with Gasteiger partial charge in [-0.2, -0.15) is 15.8 Å². The zero-order valence-corrected chi connectivity index (χ0v) is 28.4. The van der Waals surface area contributed by atoms with Gasteiger partial charge in [0.1, 0.15) is 12.1 Å². The fourth-order valence-electron chi connectivity index (χ4n) is 7.26. The van der Waals surface area contributed by atoms with Crippen molar-refractivity contribution in [3.63, 3.8) is 0 Å². The number of nitrogens with zero attached hydrogens (tertiary/aromatic N) is 5. The van der Waals surface area contributed by atoms with Crippen LogP contribution in [-0.2, 0) is 0 Å². The number of para-hydroxylation sites is 8. The second-order valence-electron chi connectivity index (χ2n) is 12.3. The molecule has 0 saturated heterocycles. The molecular weight excluding hydrogens is 661 g/mol. The normalized spacial score (nSPS) is 14.7. The van der Waals surface area contributed by atoms with Gasteiger partial charge in [-0.15, -0.1) is 0 Å². The van der Waals surface area contributed by atoms with E-state index in [2.05, 4.69) is 28.0 Å². The molecule has 8 heteroatoms. The van der Waals surface area contributed by atoms with Crippen molar-refractivity contribution in [2.45, 2.75) is 0 Å². The van der Waals surface area contributed by atoms with E-state index in [-0.39, 0.29) is 5.57 Å². The van der Waals surface area contributed by atoms with E-state index in [1.807, 2.05) is 146 Å². The topological polar surface area (TPSA) is 96.3 Å². The molecule has 0 aromatic heterocycles. The van der Waals surface area contributed by atoms with Crippen molar-refractivity contribution in [3.8, 4) is 41.2 Å². The number of hydrogen-bond donors (Lipinski definition) is 0. The van der Waals surface area contributed by atoms with Gasteiger partial charge in [0.15, 0.2) is 23.0 Å². The SMILES string of the molecule is N#CC1=CC(C#N)=P(c2ccc(N3c4ccccc4Oc4ccccc43)cc2)(c2ccc(N3c4ccccc4Oc4ccccc43)cc2)C(C#N)=C1. The number of benzene rings is 6. The van der Waals surface area contributed by atoms with Crippen LogP contribution in [-0.4, -0.2) is 5.29 Å². The number of ether oxygens (including phenoxy) is 2. The molecule has 0 radical (unpaired) electrons. The summed E-state index contributed by atoms with van der Waals surface area (Å²) in [6, 6.07) is 54.8. The smallest absolute Gasteiger partial charge is 0.151 e. The lowest BCUT2D eigenvalue weighted by molar-refractivity contribution is 0.477. The molecule has 3 aliphatic heterocycles. The molecule has 0 N–H and O–H groups in total. The van der Waals surface area contributed by atoms with Crippen molar-refractivity contribution in [1.82, 2.24) is 0 Å². The van der Waals surface area contributed by atoms with E-state index < -0.39 is 6.89 Å². The lowest BCUT2D eigenvalue weighted by atomic mass is 10.1. The number of anilines is 6. The van der Waals surface area contributed by atoms with Gasteiger partial charge >= 0.3 is 0 Å². The Balaban J connectivity index is 1.21. The Bertz CT molecular complexity index is 2450. The molecule has 52 heavy (non-hydrogen) atoms. The Kier molecular flexibility index (Phi) is 7.27. The lowest BCUT2D eigenvalue weighted by Gasteiger charge is -2.34. The average Bonchev–Trinajstić information content (AvgIpc) is 3.21. The van der Waals surface area contributed by atoms with Crippen LogP contribution in [0.1, 0.15) is 0 Å². The van der Waals surface area contributed by atoms with E-state index in [1.54, 1.807) is 12.2 Å². The summed E-state index contributed by atoms with van der Waals surface area (Å²) in [6.07, 6.45) is 3.28. The third kappa shape index (κ3) is 4.64. The Morgan fingerprint density at radius 2 is 0.808 bits per heavy atom. The van der Waals surface area contributed by atoms with E-state index >= 15 is 0 Å². The number of hydrogen-bond acceptors (Lipinski definition) is 7. The summed E-state index contributed by atoms with van der Waals surface area (Å²) in [7, 11) is 0. The van der Waals surface area contributed by atoms with Crippen LogP contribution < -0.4 is 29.9 Å². The van der Waals surface area contributed by atoms with Crippen LogP contribution in [0.5, 0.6) is 23.0 Å². The number of nitriles is 3. The maximum Gasteiger partial charge on any atom is 0.151 e. The molecule has 0 atom stereocenters. The van der Waals surface area contributed by atoms with Gasteiger partial charge in [-0.25, -0.2) is 0 Å². The maximum absolute atomic E-state index is 10.7. The first kappa shape index (κ1) is 30.8. The van der Waals surface area contributed by atoms with Crippen LogP contribution in [0.4, 0.5) is 34.1 Å². The van der Waals surface area contributed by atoms with Gasteiger partial charge < -0.3 is 19.3 Å². The molecule has 6 aromatic rings. The third-order valence-electron chi connectivity index (χ3n) is 9.52. The number of allylic oxidation sites excluding steroid dienone is 4. The van der Waals surface area contributed by atoms with Gasteiger partial charge in [-0.05, 0) is 95.6 Å². The van der Waals surface area contributed by atoms with Gasteiger partial charge in [0, 0.05) is 18.3 Å². The first-order valence-electron chi connectivity index (χ1n) is 16.6. The molecule has 0 amide bonds. The minimum Gasteiger partial charge on any atom is -0.453 e. The first-order valence-corrected chi connectivity index (χ1v) is 18.4. The largest absolute Gasteiger partial charge is 0.453 e. The van der Waals surface area contributed by atoms with Gasteiger partial charge in [0.2, 0.25) is 0 Å². The predicted octanol–water partition coefficient (Wildman–Crippen LogP) is 10.4. The minimum atomic E-state index is -3.01. The highest BCUT2D eigenvalue weighted by Crippen LogP contribution is 2.58. The zero-order valence-electron chi connectivity index (χ0n) is 27.5. The van der Waals surface area contributed by atoms with Crippen LogP contribution in [0.3, 0.4) is 0 Å². The first-order chi connectivity index (χ1) is 25.6. The Morgan fingerprint density at radius 1 is 0.423 bits per heavy atom. The highest BCUT2D eigenvalue weighted by molar-refractivity contribution is 7.93. The summed E-state index contributed by atoms with van der Waals surface area (Å²) in [4.78, 5) is 4.31. The van der Waals surface area contributed by atoms with Crippen LogP contribution in [0.25, 0.3) is 0 Å². The maximum atomic E-state index is 10.7. The Labute approximate surface area is 301 Å².